The molecule has 0 saturated heterocycles. The summed E-state index contributed by atoms with van der Waals surface area (Å²) in [5.74, 6) is -1.52. The number of carboxylic acids is 1. The van der Waals surface area contributed by atoms with Crippen molar-refractivity contribution in [1.82, 2.24) is 0 Å². The van der Waals surface area contributed by atoms with Crippen LogP contribution in [0.25, 0.3) is 11.6 Å². The molecule has 2 rings (SSSR count). The van der Waals surface area contributed by atoms with Gasteiger partial charge in [0.1, 0.15) is 0 Å². The van der Waals surface area contributed by atoms with Crippen molar-refractivity contribution in [3.8, 4) is 0 Å². The summed E-state index contributed by atoms with van der Waals surface area (Å²) in [5, 5.41) is 20.9. The van der Waals surface area contributed by atoms with Gasteiger partial charge in [0.25, 0.3) is 5.69 Å². The zero-order valence-electron chi connectivity index (χ0n) is 12.2. The monoisotopic (exact) mass is 371 g/mol. The first-order valence-electron chi connectivity index (χ1n) is 6.66. The minimum atomic E-state index is -4.79. The van der Waals surface area contributed by atoms with Crippen molar-refractivity contribution in [3.05, 3.63) is 74.3 Å². The number of benzene rings is 2. The number of halogens is 4. The highest BCUT2D eigenvalue weighted by atomic mass is 35.5. The van der Waals surface area contributed by atoms with Crippen LogP contribution in [0.2, 0.25) is 5.02 Å². The van der Waals surface area contributed by atoms with Gasteiger partial charge in [-0.2, -0.15) is 13.2 Å². The van der Waals surface area contributed by atoms with E-state index in [1.165, 1.54) is 24.3 Å². The Morgan fingerprint density at radius 3 is 2.24 bits per heavy atom. The number of carbonyl (C=O) groups is 1. The number of alkyl halides is 3. The van der Waals surface area contributed by atoms with Crippen molar-refractivity contribution < 1.29 is 28.0 Å². The summed E-state index contributed by atoms with van der Waals surface area (Å²) in [4.78, 5) is 21.6. The van der Waals surface area contributed by atoms with E-state index in [1.54, 1.807) is 0 Å². The molecule has 25 heavy (non-hydrogen) atoms. The highest BCUT2D eigenvalue weighted by molar-refractivity contribution is 6.30. The van der Waals surface area contributed by atoms with Crippen LogP contribution in [0.3, 0.4) is 0 Å². The number of hydrogen-bond donors (Lipinski definition) is 1. The maximum absolute atomic E-state index is 12.7. The van der Waals surface area contributed by atoms with E-state index in [1.807, 2.05) is 0 Å². The highest BCUT2D eigenvalue weighted by Crippen LogP contribution is 2.35. The third-order valence-electron chi connectivity index (χ3n) is 3.22. The third-order valence-corrected chi connectivity index (χ3v) is 3.48. The molecule has 0 amide bonds. The Bertz CT molecular complexity index is 861. The SMILES string of the molecule is O=C(O)/C(=C\c1ccc(Cl)cc1)c1ccc(C(F)(F)F)cc1[N+](=O)[O-]. The van der Waals surface area contributed by atoms with Crippen LogP contribution in [0.15, 0.2) is 42.5 Å². The molecule has 0 fully saturated rings. The van der Waals surface area contributed by atoms with Gasteiger partial charge >= 0.3 is 12.1 Å². The van der Waals surface area contributed by atoms with Gasteiger partial charge in [0.05, 0.1) is 21.6 Å². The van der Waals surface area contributed by atoms with Gasteiger partial charge in [-0.25, -0.2) is 4.79 Å². The molecule has 0 atom stereocenters. The number of nitrogens with zero attached hydrogens (tertiary/aromatic N) is 1. The molecule has 0 unspecified atom stereocenters. The molecule has 0 saturated carbocycles. The van der Waals surface area contributed by atoms with Gasteiger partial charge in [0.15, 0.2) is 0 Å². The maximum atomic E-state index is 12.7. The number of nitro groups is 1. The molecule has 1 N–H and O–H groups in total. The Morgan fingerprint density at radius 1 is 1.16 bits per heavy atom. The molecule has 0 radical (unpaired) electrons. The van der Waals surface area contributed by atoms with E-state index in [2.05, 4.69) is 0 Å². The molecule has 0 heterocycles. The van der Waals surface area contributed by atoms with Crippen LogP contribution in [0.5, 0.6) is 0 Å². The summed E-state index contributed by atoms with van der Waals surface area (Å²) in [6, 6.07) is 7.59. The molecule has 0 aliphatic rings. The summed E-state index contributed by atoms with van der Waals surface area (Å²) >= 11 is 5.72. The van der Waals surface area contributed by atoms with Crippen molar-refractivity contribution in [1.29, 1.82) is 0 Å². The maximum Gasteiger partial charge on any atom is 0.416 e. The minimum Gasteiger partial charge on any atom is -0.478 e. The van der Waals surface area contributed by atoms with Gasteiger partial charge in [-0.3, -0.25) is 10.1 Å². The molecule has 0 spiro atoms. The smallest absolute Gasteiger partial charge is 0.416 e. The lowest BCUT2D eigenvalue weighted by Gasteiger charge is -2.09. The summed E-state index contributed by atoms with van der Waals surface area (Å²) < 4.78 is 38.2. The molecule has 9 heteroatoms. The number of hydrogen-bond acceptors (Lipinski definition) is 3. The van der Waals surface area contributed by atoms with E-state index in [0.717, 1.165) is 12.1 Å². The van der Waals surface area contributed by atoms with Gasteiger partial charge in [0.2, 0.25) is 0 Å². The molecule has 2 aromatic rings. The Morgan fingerprint density at radius 2 is 1.76 bits per heavy atom. The van der Waals surface area contributed by atoms with Gasteiger partial charge in [-0.1, -0.05) is 23.7 Å². The highest BCUT2D eigenvalue weighted by Gasteiger charge is 2.34. The number of carboxylic acid groups (broad SMARTS) is 1. The van der Waals surface area contributed by atoms with E-state index in [-0.39, 0.29) is 0 Å². The number of rotatable bonds is 4. The first-order valence-corrected chi connectivity index (χ1v) is 7.04. The fourth-order valence-electron chi connectivity index (χ4n) is 2.07. The third kappa shape index (κ3) is 4.36. The summed E-state index contributed by atoms with van der Waals surface area (Å²) in [7, 11) is 0. The molecular formula is C16H9ClF3NO4. The van der Waals surface area contributed by atoms with Gasteiger partial charge < -0.3 is 5.11 Å². The van der Waals surface area contributed by atoms with Crippen LogP contribution in [0.1, 0.15) is 16.7 Å². The van der Waals surface area contributed by atoms with Crippen LogP contribution in [-0.2, 0) is 11.0 Å². The lowest BCUT2D eigenvalue weighted by atomic mass is 9.99. The predicted molar refractivity (Wildman–Crippen MR) is 85.1 cm³/mol. The lowest BCUT2D eigenvalue weighted by molar-refractivity contribution is -0.385. The van der Waals surface area contributed by atoms with E-state index in [4.69, 9.17) is 11.6 Å². The number of aliphatic carboxylic acids is 1. The fraction of sp³-hybridized carbons (Fsp3) is 0.0625. The van der Waals surface area contributed by atoms with Gasteiger partial charge in [-0.15, -0.1) is 0 Å². The quantitative estimate of drug-likeness (QED) is 0.359. The molecule has 0 bridgehead atoms. The summed E-state index contributed by atoms with van der Waals surface area (Å²) in [6.07, 6.45) is -3.67. The van der Waals surface area contributed by atoms with E-state index in [9.17, 15) is 33.2 Å². The van der Waals surface area contributed by atoms with Crippen LogP contribution in [-0.4, -0.2) is 16.0 Å². The topological polar surface area (TPSA) is 80.4 Å². The second kappa shape index (κ2) is 6.94. The summed E-state index contributed by atoms with van der Waals surface area (Å²) in [5.41, 5.74) is -2.75. The Kier molecular flexibility index (Phi) is 5.13. The molecule has 0 aliphatic heterocycles. The van der Waals surface area contributed by atoms with Crippen molar-refractivity contribution in [2.75, 3.05) is 0 Å². The van der Waals surface area contributed by atoms with Crippen molar-refractivity contribution in [3.63, 3.8) is 0 Å². The first-order chi connectivity index (χ1) is 11.6. The largest absolute Gasteiger partial charge is 0.478 e. The zero-order valence-corrected chi connectivity index (χ0v) is 13.0. The van der Waals surface area contributed by atoms with Crippen molar-refractivity contribution >= 4 is 34.9 Å². The van der Waals surface area contributed by atoms with Crippen molar-refractivity contribution in [2.24, 2.45) is 0 Å². The fourth-order valence-corrected chi connectivity index (χ4v) is 2.19. The lowest BCUT2D eigenvalue weighted by Crippen LogP contribution is -2.08. The Labute approximate surface area is 144 Å². The first kappa shape index (κ1) is 18.5. The second-order valence-corrected chi connectivity index (χ2v) is 5.34. The second-order valence-electron chi connectivity index (χ2n) is 4.90. The van der Waals surface area contributed by atoms with Gasteiger partial charge in [0, 0.05) is 11.1 Å². The van der Waals surface area contributed by atoms with Crippen LogP contribution in [0.4, 0.5) is 18.9 Å². The standard InChI is InChI=1S/C16H9ClF3NO4/c17-11-4-1-9(2-5-11)7-13(15(22)23)12-6-3-10(16(18,19)20)8-14(12)21(24)25/h1-8H,(H,22,23)/b13-7-. The Balaban J connectivity index is 2.64. The average molecular weight is 372 g/mol. The Hall–Kier alpha value is -2.87. The van der Waals surface area contributed by atoms with Crippen LogP contribution in [0, 0.1) is 10.1 Å². The average Bonchev–Trinajstić information content (AvgIpc) is 2.52. The van der Waals surface area contributed by atoms with Crippen molar-refractivity contribution in [2.45, 2.75) is 6.18 Å². The van der Waals surface area contributed by atoms with Crippen LogP contribution < -0.4 is 0 Å². The molecule has 5 nitrogen and oxygen atoms in total. The van der Waals surface area contributed by atoms with Gasteiger partial charge in [-0.05, 0) is 35.9 Å². The van der Waals surface area contributed by atoms with E-state index >= 15 is 0 Å². The predicted octanol–water partition coefficient (Wildman–Crippen LogP) is 4.89. The zero-order chi connectivity index (χ0) is 18.8. The molecule has 2 aromatic carbocycles. The molecular weight excluding hydrogens is 363 g/mol. The molecule has 0 aromatic heterocycles. The molecule has 0 aliphatic carbocycles. The van der Waals surface area contributed by atoms with E-state index in [0.29, 0.717) is 22.7 Å². The summed E-state index contributed by atoms with van der Waals surface area (Å²) in [6.45, 7) is 0. The van der Waals surface area contributed by atoms with Crippen LogP contribution >= 0.6 is 11.6 Å². The minimum absolute atomic E-state index is 0.313. The number of nitro benzene ring substituents is 1. The molecule has 130 valence electrons. The van der Waals surface area contributed by atoms with E-state index < -0.39 is 39.5 Å². The normalized spacial score (nSPS) is 12.1.